The number of nitrogens with zero attached hydrogens (tertiary/aromatic N) is 1. The fourth-order valence-corrected chi connectivity index (χ4v) is 7.85. The largest absolute Gasteiger partial charge is 0.192 e. The van der Waals surface area contributed by atoms with Gasteiger partial charge in [0.1, 0.15) is 28.5 Å². The number of rotatable bonds is 4. The van der Waals surface area contributed by atoms with E-state index in [0.29, 0.717) is 5.56 Å². The van der Waals surface area contributed by atoms with Crippen LogP contribution in [0.5, 0.6) is 0 Å². The van der Waals surface area contributed by atoms with Crippen molar-refractivity contribution in [3.63, 3.8) is 0 Å². The van der Waals surface area contributed by atoms with E-state index in [1.165, 1.54) is 21.2 Å². The minimum Gasteiger partial charge on any atom is -0.192 e. The van der Waals surface area contributed by atoms with E-state index in [2.05, 4.69) is 109 Å². The summed E-state index contributed by atoms with van der Waals surface area (Å²) in [6, 6.07) is 42.6. The Labute approximate surface area is 160 Å². The second kappa shape index (κ2) is 7.58. The summed E-state index contributed by atoms with van der Waals surface area (Å²) in [4.78, 5) is 0. The number of hydrogen-bond donors (Lipinski definition) is 0. The summed E-state index contributed by atoms with van der Waals surface area (Å²) in [5.41, 5.74) is 0.686. The lowest BCUT2D eigenvalue weighted by Gasteiger charge is -2.27. The Morgan fingerprint density at radius 1 is 0.444 bits per heavy atom. The van der Waals surface area contributed by atoms with E-state index in [1.54, 1.807) is 0 Å². The van der Waals surface area contributed by atoms with E-state index in [0.717, 1.165) is 0 Å². The lowest BCUT2D eigenvalue weighted by molar-refractivity contribution is 1.49. The van der Waals surface area contributed by atoms with Crippen LogP contribution in [0.4, 0.5) is 0 Å². The molecule has 0 unspecified atom stereocenters. The molecule has 0 aliphatic heterocycles. The standard InChI is InChI=1S/C25H19NP/c26-20-21-16-18-25(19-17-21)27(22-10-4-1-5-11-22,23-12-6-2-7-13-23)24-14-8-3-9-15-24/h1-19H/q+1. The Hall–Kier alpha value is -3.20. The zero-order chi connectivity index (χ0) is 18.5. The van der Waals surface area contributed by atoms with Gasteiger partial charge in [0.05, 0.1) is 11.6 Å². The molecule has 0 saturated carbocycles. The Bertz CT molecular complexity index is 953. The molecule has 4 aromatic rings. The van der Waals surface area contributed by atoms with Gasteiger partial charge in [-0.1, -0.05) is 54.6 Å². The van der Waals surface area contributed by atoms with E-state index in [1.807, 2.05) is 12.1 Å². The molecule has 0 aliphatic rings. The van der Waals surface area contributed by atoms with Crippen molar-refractivity contribution in [2.24, 2.45) is 0 Å². The first-order chi connectivity index (χ1) is 13.4. The summed E-state index contributed by atoms with van der Waals surface area (Å²) in [5, 5.41) is 14.4. The maximum Gasteiger partial charge on any atom is 0.144 e. The van der Waals surface area contributed by atoms with Crippen LogP contribution >= 0.6 is 7.26 Å². The summed E-state index contributed by atoms with van der Waals surface area (Å²) in [5.74, 6) is 0. The van der Waals surface area contributed by atoms with Crippen LogP contribution in [0.25, 0.3) is 0 Å². The van der Waals surface area contributed by atoms with E-state index < -0.39 is 7.26 Å². The summed E-state index contributed by atoms with van der Waals surface area (Å²) in [6.45, 7) is 0. The maximum absolute atomic E-state index is 9.24. The molecule has 0 atom stereocenters. The fourth-order valence-electron chi connectivity index (χ4n) is 3.61. The van der Waals surface area contributed by atoms with Crippen molar-refractivity contribution in [2.45, 2.75) is 0 Å². The van der Waals surface area contributed by atoms with Gasteiger partial charge in [0, 0.05) is 0 Å². The van der Waals surface area contributed by atoms with Crippen LogP contribution in [-0.4, -0.2) is 0 Å². The summed E-state index contributed by atoms with van der Waals surface area (Å²) >= 11 is 0. The number of hydrogen-bond acceptors (Lipinski definition) is 1. The van der Waals surface area contributed by atoms with Crippen LogP contribution in [0.1, 0.15) is 5.56 Å². The van der Waals surface area contributed by atoms with Gasteiger partial charge in [0.2, 0.25) is 0 Å². The average molecular weight is 364 g/mol. The second-order valence-corrected chi connectivity index (χ2v) is 9.74. The average Bonchev–Trinajstić information content (AvgIpc) is 2.77. The topological polar surface area (TPSA) is 23.8 Å². The van der Waals surface area contributed by atoms with Crippen molar-refractivity contribution in [1.82, 2.24) is 0 Å². The molecule has 27 heavy (non-hydrogen) atoms. The Morgan fingerprint density at radius 2 is 0.778 bits per heavy atom. The molecule has 0 aliphatic carbocycles. The van der Waals surface area contributed by atoms with Crippen molar-refractivity contribution in [2.75, 3.05) is 0 Å². The quantitative estimate of drug-likeness (QED) is 0.499. The fraction of sp³-hybridized carbons (Fsp3) is 0. The molecule has 4 rings (SSSR count). The van der Waals surface area contributed by atoms with Gasteiger partial charge in [-0.05, 0) is 60.7 Å². The molecular formula is C25H19NP+. The van der Waals surface area contributed by atoms with Gasteiger partial charge in [0.25, 0.3) is 0 Å². The van der Waals surface area contributed by atoms with Gasteiger partial charge < -0.3 is 0 Å². The van der Waals surface area contributed by atoms with Crippen molar-refractivity contribution in [1.29, 1.82) is 5.26 Å². The van der Waals surface area contributed by atoms with Gasteiger partial charge in [-0.25, -0.2) is 0 Å². The molecule has 0 aromatic heterocycles. The van der Waals surface area contributed by atoms with Crippen molar-refractivity contribution in [3.8, 4) is 6.07 Å². The highest BCUT2D eigenvalue weighted by Gasteiger charge is 2.47. The first-order valence-corrected chi connectivity index (χ1v) is 10.7. The third-order valence-electron chi connectivity index (χ3n) is 4.81. The zero-order valence-corrected chi connectivity index (χ0v) is 15.8. The Balaban J connectivity index is 2.11. The van der Waals surface area contributed by atoms with E-state index in [9.17, 15) is 5.26 Å². The minimum absolute atomic E-state index is 0.686. The highest BCUT2D eigenvalue weighted by molar-refractivity contribution is 8.01. The first kappa shape index (κ1) is 17.2. The second-order valence-electron chi connectivity index (χ2n) is 6.34. The maximum atomic E-state index is 9.24. The molecule has 0 radical (unpaired) electrons. The van der Waals surface area contributed by atoms with Gasteiger partial charge in [-0.3, -0.25) is 0 Å². The summed E-state index contributed by atoms with van der Waals surface area (Å²) in [7, 11) is -2.05. The van der Waals surface area contributed by atoms with Crippen LogP contribution in [0.3, 0.4) is 0 Å². The molecule has 128 valence electrons. The predicted molar refractivity (Wildman–Crippen MR) is 116 cm³/mol. The Morgan fingerprint density at radius 3 is 1.11 bits per heavy atom. The SMILES string of the molecule is N#Cc1ccc([P+](c2ccccc2)(c2ccccc2)c2ccccc2)cc1. The molecule has 0 fully saturated rings. The highest BCUT2D eigenvalue weighted by atomic mass is 31.2. The molecule has 0 amide bonds. The molecule has 4 aromatic carbocycles. The normalized spacial score (nSPS) is 10.9. The molecule has 1 nitrogen and oxygen atoms in total. The molecule has 0 spiro atoms. The lowest BCUT2D eigenvalue weighted by atomic mass is 10.2. The third kappa shape index (κ3) is 3.06. The number of benzene rings is 4. The smallest absolute Gasteiger partial charge is 0.144 e. The lowest BCUT2D eigenvalue weighted by Crippen LogP contribution is -2.38. The third-order valence-corrected chi connectivity index (χ3v) is 9.11. The molecule has 0 heterocycles. The van der Waals surface area contributed by atoms with Crippen LogP contribution in [0, 0.1) is 11.3 Å². The molecular weight excluding hydrogens is 345 g/mol. The minimum atomic E-state index is -2.05. The van der Waals surface area contributed by atoms with Gasteiger partial charge in [-0.15, -0.1) is 0 Å². The highest BCUT2D eigenvalue weighted by Crippen LogP contribution is 2.54. The van der Waals surface area contributed by atoms with Crippen LogP contribution in [0.15, 0.2) is 115 Å². The van der Waals surface area contributed by atoms with E-state index in [4.69, 9.17) is 0 Å². The van der Waals surface area contributed by atoms with Crippen molar-refractivity contribution < 1.29 is 0 Å². The first-order valence-electron chi connectivity index (χ1n) is 8.92. The Kier molecular flexibility index (Phi) is 4.84. The summed E-state index contributed by atoms with van der Waals surface area (Å²) in [6.07, 6.45) is 0. The van der Waals surface area contributed by atoms with Crippen LogP contribution < -0.4 is 21.2 Å². The van der Waals surface area contributed by atoms with Gasteiger partial charge >= 0.3 is 0 Å². The molecule has 0 saturated heterocycles. The van der Waals surface area contributed by atoms with Crippen molar-refractivity contribution >= 4 is 28.5 Å². The zero-order valence-electron chi connectivity index (χ0n) is 14.9. The number of nitriles is 1. The van der Waals surface area contributed by atoms with Crippen LogP contribution in [0.2, 0.25) is 0 Å². The molecule has 2 heteroatoms. The predicted octanol–water partition coefficient (Wildman–Crippen LogP) is 4.18. The van der Waals surface area contributed by atoms with Gasteiger partial charge in [-0.2, -0.15) is 5.26 Å². The van der Waals surface area contributed by atoms with E-state index >= 15 is 0 Å². The van der Waals surface area contributed by atoms with E-state index in [-0.39, 0.29) is 0 Å². The van der Waals surface area contributed by atoms with Crippen molar-refractivity contribution in [3.05, 3.63) is 121 Å². The van der Waals surface area contributed by atoms with Crippen LogP contribution in [-0.2, 0) is 0 Å². The summed E-state index contributed by atoms with van der Waals surface area (Å²) < 4.78 is 0. The molecule has 0 N–H and O–H groups in total. The monoisotopic (exact) mass is 364 g/mol. The van der Waals surface area contributed by atoms with Gasteiger partial charge in [0.15, 0.2) is 0 Å². The molecule has 0 bridgehead atoms.